The zero-order valence-corrected chi connectivity index (χ0v) is 12.7. The summed E-state index contributed by atoms with van der Waals surface area (Å²) in [6.07, 6.45) is 4.16. The number of nitrogens with zero attached hydrogens (tertiary/aromatic N) is 1. The van der Waals surface area contributed by atoms with Crippen molar-refractivity contribution < 1.29 is 14.6 Å². The van der Waals surface area contributed by atoms with Crippen LogP contribution < -0.4 is 10.1 Å². The normalized spacial score (nSPS) is 21.5. The molecule has 1 aliphatic carbocycles. The number of carbonyl (C=O) groups is 1. The minimum Gasteiger partial charge on any atom is -0.490 e. The van der Waals surface area contributed by atoms with Gasteiger partial charge in [-0.15, -0.1) is 0 Å². The van der Waals surface area contributed by atoms with Gasteiger partial charge >= 0.3 is 6.09 Å². The molecule has 2 N–H and O–H groups in total. The van der Waals surface area contributed by atoms with Crippen LogP contribution in [0.25, 0.3) is 10.8 Å². The smallest absolute Gasteiger partial charge is 0.404 e. The predicted octanol–water partition coefficient (Wildman–Crippen LogP) is 3.85. The quantitative estimate of drug-likeness (QED) is 0.843. The number of halogens is 1. The van der Waals surface area contributed by atoms with Crippen molar-refractivity contribution in [2.75, 3.05) is 0 Å². The third kappa shape index (κ3) is 3.42. The average molecular weight is 321 g/mol. The molecule has 0 radical (unpaired) electrons. The summed E-state index contributed by atoms with van der Waals surface area (Å²) in [5, 5.41) is 13.7. The molecule has 1 aromatic carbocycles. The number of aromatic nitrogens is 1. The van der Waals surface area contributed by atoms with E-state index in [2.05, 4.69) is 10.3 Å². The molecule has 1 amide bonds. The Hall–Kier alpha value is -2.01. The van der Waals surface area contributed by atoms with Gasteiger partial charge in [-0.25, -0.2) is 9.78 Å². The van der Waals surface area contributed by atoms with Crippen LogP contribution in [-0.2, 0) is 0 Å². The van der Waals surface area contributed by atoms with E-state index in [1.807, 2.05) is 24.3 Å². The van der Waals surface area contributed by atoms with Crippen molar-refractivity contribution >= 4 is 28.5 Å². The summed E-state index contributed by atoms with van der Waals surface area (Å²) in [5.41, 5.74) is 0. The molecule has 22 heavy (non-hydrogen) atoms. The molecule has 0 atom stereocenters. The van der Waals surface area contributed by atoms with Gasteiger partial charge in [-0.05, 0) is 55.3 Å². The molecule has 1 fully saturated rings. The first-order chi connectivity index (χ1) is 10.6. The Balaban J connectivity index is 1.63. The third-order valence-electron chi connectivity index (χ3n) is 3.99. The van der Waals surface area contributed by atoms with Crippen molar-refractivity contribution in [2.24, 2.45) is 0 Å². The number of hydrogen-bond donors (Lipinski definition) is 2. The number of amides is 1. The summed E-state index contributed by atoms with van der Waals surface area (Å²) in [5.74, 6) is 0.810. The predicted molar refractivity (Wildman–Crippen MR) is 84.6 cm³/mol. The molecule has 1 saturated carbocycles. The molecule has 116 valence electrons. The first-order valence-corrected chi connectivity index (χ1v) is 7.70. The van der Waals surface area contributed by atoms with Crippen LogP contribution in [0.15, 0.2) is 30.5 Å². The largest absolute Gasteiger partial charge is 0.490 e. The van der Waals surface area contributed by atoms with Crippen LogP contribution in [0.4, 0.5) is 4.79 Å². The number of ether oxygens (including phenoxy) is 1. The molecular weight excluding hydrogens is 304 g/mol. The van der Waals surface area contributed by atoms with Gasteiger partial charge in [0.25, 0.3) is 0 Å². The standard InChI is InChI=1S/C16H17ClN2O3/c17-15-14-6-5-13(9-10(14)7-8-18-15)22-12-3-1-11(2-4-12)19-16(20)21/h5-9,11-12,19H,1-4H2,(H,20,21)/t11-,12+. The lowest BCUT2D eigenvalue weighted by atomic mass is 9.93. The van der Waals surface area contributed by atoms with E-state index in [1.54, 1.807) is 6.20 Å². The Labute approximate surface area is 133 Å². The van der Waals surface area contributed by atoms with Gasteiger partial charge in [0.2, 0.25) is 0 Å². The highest BCUT2D eigenvalue weighted by atomic mass is 35.5. The number of hydrogen-bond acceptors (Lipinski definition) is 3. The van der Waals surface area contributed by atoms with E-state index in [-0.39, 0.29) is 12.1 Å². The van der Waals surface area contributed by atoms with E-state index in [0.717, 1.165) is 42.2 Å². The molecule has 6 heteroatoms. The van der Waals surface area contributed by atoms with Crippen LogP contribution >= 0.6 is 11.6 Å². The fraction of sp³-hybridized carbons (Fsp3) is 0.375. The Bertz CT molecular complexity index is 684. The number of nitrogens with one attached hydrogen (secondary N) is 1. The zero-order valence-electron chi connectivity index (χ0n) is 12.0. The van der Waals surface area contributed by atoms with Gasteiger partial charge in [0, 0.05) is 17.6 Å². The molecule has 1 heterocycles. The van der Waals surface area contributed by atoms with Crippen LogP contribution in [0.5, 0.6) is 5.75 Å². The van der Waals surface area contributed by atoms with Gasteiger partial charge in [0.15, 0.2) is 0 Å². The summed E-state index contributed by atoms with van der Waals surface area (Å²) in [4.78, 5) is 14.7. The third-order valence-corrected chi connectivity index (χ3v) is 4.29. The van der Waals surface area contributed by atoms with Crippen LogP contribution in [0.2, 0.25) is 5.15 Å². The van der Waals surface area contributed by atoms with Crippen molar-refractivity contribution in [1.82, 2.24) is 10.3 Å². The fourth-order valence-corrected chi connectivity index (χ4v) is 3.11. The highest BCUT2D eigenvalue weighted by Gasteiger charge is 2.23. The van der Waals surface area contributed by atoms with Gasteiger partial charge in [-0.1, -0.05) is 11.6 Å². The van der Waals surface area contributed by atoms with Crippen molar-refractivity contribution in [1.29, 1.82) is 0 Å². The molecule has 0 unspecified atom stereocenters. The Morgan fingerprint density at radius 1 is 1.27 bits per heavy atom. The molecule has 3 rings (SSSR count). The Morgan fingerprint density at radius 2 is 2.05 bits per heavy atom. The van der Waals surface area contributed by atoms with Gasteiger partial charge in [-0.3, -0.25) is 0 Å². The minimum atomic E-state index is -0.954. The second-order valence-corrected chi connectivity index (χ2v) is 5.88. The van der Waals surface area contributed by atoms with Crippen molar-refractivity contribution in [3.05, 3.63) is 35.6 Å². The summed E-state index contributed by atoms with van der Waals surface area (Å²) in [6.45, 7) is 0. The van der Waals surface area contributed by atoms with Gasteiger partial charge in [0.05, 0.1) is 6.10 Å². The number of benzene rings is 1. The summed E-state index contributed by atoms with van der Waals surface area (Å²) in [7, 11) is 0. The summed E-state index contributed by atoms with van der Waals surface area (Å²) in [6, 6.07) is 7.72. The SMILES string of the molecule is O=C(O)N[C@H]1CC[C@@H](Oc2ccc3c(Cl)nccc3c2)CC1. The van der Waals surface area contributed by atoms with Crippen LogP contribution in [0, 0.1) is 0 Å². The maximum atomic E-state index is 10.6. The molecule has 0 bridgehead atoms. The zero-order chi connectivity index (χ0) is 15.5. The van der Waals surface area contributed by atoms with E-state index in [4.69, 9.17) is 21.4 Å². The van der Waals surface area contributed by atoms with E-state index < -0.39 is 6.09 Å². The Kier molecular flexibility index (Phi) is 4.34. The first kappa shape index (κ1) is 14.9. The van der Waals surface area contributed by atoms with E-state index in [1.165, 1.54) is 0 Å². The minimum absolute atomic E-state index is 0.0406. The van der Waals surface area contributed by atoms with Gasteiger partial charge in [0.1, 0.15) is 10.9 Å². The number of rotatable bonds is 3. The number of fused-ring (bicyclic) bond motifs is 1. The second kappa shape index (κ2) is 6.40. The molecule has 1 aromatic heterocycles. The average Bonchev–Trinajstić information content (AvgIpc) is 2.49. The van der Waals surface area contributed by atoms with E-state index in [0.29, 0.717) is 5.15 Å². The van der Waals surface area contributed by atoms with E-state index >= 15 is 0 Å². The maximum Gasteiger partial charge on any atom is 0.404 e. The molecule has 2 aromatic rings. The second-order valence-electron chi connectivity index (χ2n) is 5.53. The molecular formula is C16H17ClN2O3. The lowest BCUT2D eigenvalue weighted by molar-refractivity contribution is 0.134. The fourth-order valence-electron chi connectivity index (χ4n) is 2.88. The molecule has 0 saturated heterocycles. The first-order valence-electron chi connectivity index (χ1n) is 7.32. The van der Waals surface area contributed by atoms with Crippen LogP contribution in [-0.4, -0.2) is 28.3 Å². The lowest BCUT2D eigenvalue weighted by Gasteiger charge is -2.28. The summed E-state index contributed by atoms with van der Waals surface area (Å²) >= 11 is 6.05. The molecule has 1 aliphatic rings. The molecule has 0 spiro atoms. The van der Waals surface area contributed by atoms with Crippen LogP contribution in [0.3, 0.4) is 0 Å². The highest BCUT2D eigenvalue weighted by Crippen LogP contribution is 2.28. The number of pyridine rings is 1. The van der Waals surface area contributed by atoms with Gasteiger partial charge in [-0.2, -0.15) is 0 Å². The number of carboxylic acid groups (broad SMARTS) is 1. The van der Waals surface area contributed by atoms with Gasteiger partial charge < -0.3 is 15.2 Å². The van der Waals surface area contributed by atoms with Crippen molar-refractivity contribution in [2.45, 2.75) is 37.8 Å². The maximum absolute atomic E-state index is 10.6. The van der Waals surface area contributed by atoms with Crippen LogP contribution in [0.1, 0.15) is 25.7 Å². The molecule has 0 aliphatic heterocycles. The van der Waals surface area contributed by atoms with Crippen molar-refractivity contribution in [3.8, 4) is 5.75 Å². The topological polar surface area (TPSA) is 71.5 Å². The lowest BCUT2D eigenvalue weighted by Crippen LogP contribution is -2.38. The summed E-state index contributed by atoms with van der Waals surface area (Å²) < 4.78 is 6.02. The Morgan fingerprint density at radius 3 is 2.77 bits per heavy atom. The van der Waals surface area contributed by atoms with E-state index in [9.17, 15) is 4.79 Å². The van der Waals surface area contributed by atoms with Crippen molar-refractivity contribution in [3.63, 3.8) is 0 Å². The monoisotopic (exact) mass is 320 g/mol. The highest BCUT2D eigenvalue weighted by molar-refractivity contribution is 6.34. The molecule has 5 nitrogen and oxygen atoms in total.